The summed E-state index contributed by atoms with van der Waals surface area (Å²) in [5, 5.41) is 3.70. The van der Waals surface area contributed by atoms with Gasteiger partial charge in [0.15, 0.2) is 7.14 Å². The standard InChI is InChI=1S/C29H26BrOP/c30-21-26-19-22-11-15-24(26)16-12-23-14-18-25(17-13-22)29(20-23)32(31,27-7-3-1-4-8-27)28-9-5-2-6-10-28/h1-11,14-15,18-20H,12-13,16-17,21H2. The second-order valence-electron chi connectivity index (χ2n) is 8.48. The first-order valence-electron chi connectivity index (χ1n) is 11.2. The number of alkyl halides is 1. The van der Waals surface area contributed by atoms with Crippen LogP contribution in [0.4, 0.5) is 0 Å². The van der Waals surface area contributed by atoms with Gasteiger partial charge in [0.25, 0.3) is 0 Å². The quantitative estimate of drug-likeness (QED) is 0.244. The first-order chi connectivity index (χ1) is 15.7. The molecule has 4 aromatic carbocycles. The average molecular weight is 501 g/mol. The van der Waals surface area contributed by atoms with Crippen LogP contribution in [-0.2, 0) is 35.6 Å². The number of hydrogen-bond acceptors (Lipinski definition) is 1. The van der Waals surface area contributed by atoms with E-state index in [1.165, 1.54) is 27.8 Å². The van der Waals surface area contributed by atoms with Gasteiger partial charge in [-0.25, -0.2) is 0 Å². The molecule has 8 rings (SSSR count). The Morgan fingerprint density at radius 3 is 1.75 bits per heavy atom. The highest BCUT2D eigenvalue weighted by atomic mass is 79.9. The van der Waals surface area contributed by atoms with E-state index in [0.717, 1.165) is 46.9 Å². The Kier molecular flexibility index (Phi) is 6.17. The van der Waals surface area contributed by atoms with Gasteiger partial charge in [-0.2, -0.15) is 0 Å². The highest BCUT2D eigenvalue weighted by molar-refractivity contribution is 9.08. The van der Waals surface area contributed by atoms with Gasteiger partial charge < -0.3 is 4.57 Å². The van der Waals surface area contributed by atoms with Crippen LogP contribution in [0, 0.1) is 0 Å². The summed E-state index contributed by atoms with van der Waals surface area (Å²) < 4.78 is 15.1. The molecule has 4 bridgehead atoms. The van der Waals surface area contributed by atoms with Crippen molar-refractivity contribution in [3.05, 3.63) is 125 Å². The van der Waals surface area contributed by atoms with E-state index in [1.807, 2.05) is 60.7 Å². The molecular formula is C29H26BrOP. The lowest BCUT2D eigenvalue weighted by atomic mass is 9.94. The van der Waals surface area contributed by atoms with Crippen molar-refractivity contribution >= 4 is 39.0 Å². The molecule has 0 aromatic heterocycles. The van der Waals surface area contributed by atoms with E-state index in [-0.39, 0.29) is 0 Å². The second kappa shape index (κ2) is 9.22. The van der Waals surface area contributed by atoms with Crippen molar-refractivity contribution in [1.82, 2.24) is 0 Å². The lowest BCUT2D eigenvalue weighted by Gasteiger charge is -2.24. The van der Waals surface area contributed by atoms with Crippen LogP contribution < -0.4 is 15.9 Å². The number of aryl methyl sites for hydroxylation is 4. The lowest BCUT2D eigenvalue weighted by molar-refractivity contribution is 0.592. The maximum atomic E-state index is 15.1. The first kappa shape index (κ1) is 21.4. The molecule has 0 amide bonds. The third-order valence-corrected chi connectivity index (χ3v) is 10.3. The monoisotopic (exact) mass is 500 g/mol. The van der Waals surface area contributed by atoms with E-state index in [0.29, 0.717) is 0 Å². The van der Waals surface area contributed by atoms with E-state index in [2.05, 4.69) is 52.3 Å². The Morgan fingerprint density at radius 2 is 1.16 bits per heavy atom. The van der Waals surface area contributed by atoms with Crippen molar-refractivity contribution in [1.29, 1.82) is 0 Å². The zero-order chi connectivity index (χ0) is 22.0. The fraction of sp³-hybridized carbons (Fsp3) is 0.172. The topological polar surface area (TPSA) is 17.1 Å². The molecule has 0 unspecified atom stereocenters. The van der Waals surface area contributed by atoms with Crippen molar-refractivity contribution < 1.29 is 4.57 Å². The van der Waals surface area contributed by atoms with Crippen LogP contribution in [0.15, 0.2) is 97.1 Å². The molecule has 1 nitrogen and oxygen atoms in total. The van der Waals surface area contributed by atoms with Gasteiger partial charge in [-0.3, -0.25) is 0 Å². The van der Waals surface area contributed by atoms with Gasteiger partial charge in [0, 0.05) is 21.2 Å². The normalized spacial score (nSPS) is 13.5. The minimum atomic E-state index is -2.99. The predicted octanol–water partition coefficient (Wildman–Crippen LogP) is 6.10. The third kappa shape index (κ3) is 4.03. The lowest BCUT2D eigenvalue weighted by Crippen LogP contribution is -2.28. The predicted molar refractivity (Wildman–Crippen MR) is 140 cm³/mol. The molecule has 0 spiro atoms. The van der Waals surface area contributed by atoms with E-state index >= 15 is 4.57 Å². The summed E-state index contributed by atoms with van der Waals surface area (Å²) in [6.45, 7) is 0. The minimum Gasteiger partial charge on any atom is -0.309 e. The molecule has 0 atom stereocenters. The molecule has 0 aliphatic heterocycles. The number of hydrogen-bond donors (Lipinski definition) is 0. The molecule has 0 heterocycles. The molecule has 3 heteroatoms. The summed E-state index contributed by atoms with van der Waals surface area (Å²) in [6, 6.07) is 33.6. The summed E-state index contributed by atoms with van der Waals surface area (Å²) in [5.41, 5.74) is 6.56. The maximum absolute atomic E-state index is 15.1. The average Bonchev–Trinajstić information content (AvgIpc) is 2.86. The van der Waals surface area contributed by atoms with E-state index in [9.17, 15) is 0 Å². The fourth-order valence-electron chi connectivity index (χ4n) is 4.73. The zero-order valence-corrected chi connectivity index (χ0v) is 20.5. The van der Waals surface area contributed by atoms with Crippen molar-refractivity contribution in [2.75, 3.05) is 0 Å². The first-order valence-corrected chi connectivity index (χ1v) is 14.0. The second-order valence-corrected chi connectivity index (χ2v) is 11.8. The van der Waals surface area contributed by atoms with Crippen LogP contribution in [0.3, 0.4) is 0 Å². The van der Waals surface area contributed by atoms with E-state index in [4.69, 9.17) is 0 Å². The molecule has 0 radical (unpaired) electrons. The number of rotatable bonds is 4. The minimum absolute atomic E-state index is 0.875. The molecule has 32 heavy (non-hydrogen) atoms. The van der Waals surface area contributed by atoms with Crippen LogP contribution in [0.1, 0.15) is 27.8 Å². The molecule has 0 fully saturated rings. The molecule has 160 valence electrons. The smallest absolute Gasteiger partial charge is 0.171 e. The highest BCUT2D eigenvalue weighted by Crippen LogP contribution is 2.44. The summed E-state index contributed by atoms with van der Waals surface area (Å²) in [7, 11) is -2.99. The molecule has 4 aliphatic carbocycles. The molecule has 0 saturated heterocycles. The summed E-state index contributed by atoms with van der Waals surface area (Å²) >= 11 is 3.67. The highest BCUT2D eigenvalue weighted by Gasteiger charge is 2.32. The number of halogens is 1. The van der Waals surface area contributed by atoms with Gasteiger partial charge >= 0.3 is 0 Å². The Labute approximate surface area is 199 Å². The van der Waals surface area contributed by atoms with Crippen LogP contribution >= 0.6 is 23.1 Å². The fourth-order valence-corrected chi connectivity index (χ4v) is 8.23. The molecule has 0 N–H and O–H groups in total. The SMILES string of the molecule is O=P(c1ccccc1)(c1ccccc1)c1cc2ccc1CCc1ccc(c(CBr)c1)CC2. The van der Waals surface area contributed by atoms with Crippen molar-refractivity contribution in [2.24, 2.45) is 0 Å². The van der Waals surface area contributed by atoms with Crippen LogP contribution in [0.2, 0.25) is 0 Å². The van der Waals surface area contributed by atoms with Gasteiger partial charge in [0.2, 0.25) is 0 Å². The molecular weight excluding hydrogens is 475 g/mol. The van der Waals surface area contributed by atoms with Crippen LogP contribution in [0.5, 0.6) is 0 Å². The van der Waals surface area contributed by atoms with E-state index < -0.39 is 7.14 Å². The maximum Gasteiger partial charge on any atom is 0.171 e. The summed E-state index contributed by atoms with van der Waals surface area (Å²) in [6.07, 6.45) is 3.74. The summed E-state index contributed by atoms with van der Waals surface area (Å²) in [5.74, 6) is 0. The van der Waals surface area contributed by atoms with Crippen molar-refractivity contribution in [3.8, 4) is 0 Å². The number of benzene rings is 4. The van der Waals surface area contributed by atoms with Gasteiger partial charge in [0.05, 0.1) is 0 Å². The Hall–Kier alpha value is -2.41. The van der Waals surface area contributed by atoms with Gasteiger partial charge in [-0.05, 0) is 59.6 Å². The van der Waals surface area contributed by atoms with Crippen LogP contribution in [-0.4, -0.2) is 0 Å². The van der Waals surface area contributed by atoms with Crippen molar-refractivity contribution in [2.45, 2.75) is 31.0 Å². The molecule has 4 aromatic rings. The summed E-state index contributed by atoms with van der Waals surface area (Å²) in [4.78, 5) is 0. The molecule has 4 aliphatic rings. The van der Waals surface area contributed by atoms with Gasteiger partial charge in [-0.15, -0.1) is 0 Å². The molecule has 0 saturated carbocycles. The third-order valence-electron chi connectivity index (χ3n) is 6.51. The van der Waals surface area contributed by atoms with Gasteiger partial charge in [-0.1, -0.05) is 107 Å². The van der Waals surface area contributed by atoms with Gasteiger partial charge in [0.1, 0.15) is 0 Å². The van der Waals surface area contributed by atoms with Crippen LogP contribution in [0.25, 0.3) is 0 Å². The Bertz CT molecular complexity index is 1240. The van der Waals surface area contributed by atoms with E-state index in [1.54, 1.807) is 0 Å². The Morgan fingerprint density at radius 1 is 0.625 bits per heavy atom. The van der Waals surface area contributed by atoms with Crippen molar-refractivity contribution in [3.63, 3.8) is 0 Å². The Balaban J connectivity index is 1.69. The zero-order valence-electron chi connectivity index (χ0n) is 18.0. The largest absolute Gasteiger partial charge is 0.309 e.